The van der Waals surface area contributed by atoms with E-state index in [2.05, 4.69) is 22.0 Å². The third-order valence-corrected chi connectivity index (χ3v) is 5.08. The van der Waals surface area contributed by atoms with Gasteiger partial charge < -0.3 is 29.7 Å². The largest absolute Gasteiger partial charge is 0.506 e. The van der Waals surface area contributed by atoms with Gasteiger partial charge in [-0.05, 0) is 25.1 Å². The van der Waals surface area contributed by atoms with Gasteiger partial charge in [0.25, 0.3) is 0 Å². The van der Waals surface area contributed by atoms with Gasteiger partial charge in [-0.3, -0.25) is 4.99 Å². The van der Waals surface area contributed by atoms with E-state index in [1.165, 1.54) is 0 Å². The molecule has 1 aliphatic heterocycles. The standard InChI is InChI=1S/C23H32N4O3.HI/c1-3-24-23(25-12-17-30-18-19-8-4-7-11-22(19)29-2)27-15-13-26(14-16-27)20-9-5-6-10-21(20)28;/h4-11,28H,3,12-18H2,1-2H3,(H,24,25);1H. The SMILES string of the molecule is CCNC(=NCCOCc1ccccc1OC)N1CCN(c2ccccc2O)CC1.I. The van der Waals surface area contributed by atoms with E-state index in [-0.39, 0.29) is 24.0 Å². The van der Waals surface area contributed by atoms with Crippen LogP contribution in [-0.4, -0.2) is 69.0 Å². The first kappa shape index (κ1) is 25.1. The molecule has 0 radical (unpaired) electrons. The molecule has 0 aliphatic carbocycles. The first-order chi connectivity index (χ1) is 14.7. The number of nitrogens with one attached hydrogen (secondary N) is 1. The van der Waals surface area contributed by atoms with Crippen molar-refractivity contribution in [1.29, 1.82) is 0 Å². The minimum absolute atomic E-state index is 0. The fourth-order valence-corrected chi connectivity index (χ4v) is 3.54. The smallest absolute Gasteiger partial charge is 0.194 e. The molecule has 1 fully saturated rings. The number of piperazine rings is 1. The van der Waals surface area contributed by atoms with E-state index in [4.69, 9.17) is 14.5 Å². The van der Waals surface area contributed by atoms with Crippen molar-refractivity contribution in [3.63, 3.8) is 0 Å². The molecular weight excluding hydrogens is 507 g/mol. The second-order valence-corrected chi connectivity index (χ2v) is 7.06. The van der Waals surface area contributed by atoms with Crippen molar-refractivity contribution >= 4 is 35.6 Å². The van der Waals surface area contributed by atoms with Crippen molar-refractivity contribution in [3.8, 4) is 11.5 Å². The number of methoxy groups -OCH3 is 1. The van der Waals surface area contributed by atoms with Gasteiger partial charge in [0.05, 0.1) is 32.6 Å². The molecule has 3 rings (SSSR count). The van der Waals surface area contributed by atoms with E-state index in [9.17, 15) is 5.11 Å². The first-order valence-electron chi connectivity index (χ1n) is 10.5. The number of anilines is 1. The van der Waals surface area contributed by atoms with Crippen LogP contribution in [0.3, 0.4) is 0 Å². The third-order valence-electron chi connectivity index (χ3n) is 5.08. The van der Waals surface area contributed by atoms with Gasteiger partial charge in [-0.1, -0.05) is 30.3 Å². The average molecular weight is 540 g/mol. The molecule has 170 valence electrons. The van der Waals surface area contributed by atoms with E-state index in [1.54, 1.807) is 13.2 Å². The Balaban J connectivity index is 0.00000341. The highest BCUT2D eigenvalue weighted by Gasteiger charge is 2.21. The predicted molar refractivity (Wildman–Crippen MR) is 136 cm³/mol. The highest BCUT2D eigenvalue weighted by Crippen LogP contribution is 2.27. The quantitative estimate of drug-likeness (QED) is 0.232. The minimum atomic E-state index is 0. The van der Waals surface area contributed by atoms with Crippen LogP contribution < -0.4 is 15.0 Å². The molecule has 0 atom stereocenters. The van der Waals surface area contributed by atoms with E-state index in [0.29, 0.717) is 25.5 Å². The molecule has 1 heterocycles. The van der Waals surface area contributed by atoms with Gasteiger partial charge in [0.1, 0.15) is 11.5 Å². The number of halogens is 1. The molecule has 0 amide bonds. The maximum atomic E-state index is 10.1. The Morgan fingerprint density at radius 2 is 1.77 bits per heavy atom. The van der Waals surface area contributed by atoms with E-state index >= 15 is 0 Å². The molecule has 2 aromatic carbocycles. The second kappa shape index (κ2) is 13.3. The number of nitrogens with zero attached hydrogens (tertiary/aromatic N) is 3. The van der Waals surface area contributed by atoms with Crippen molar-refractivity contribution in [3.05, 3.63) is 54.1 Å². The number of phenols is 1. The van der Waals surface area contributed by atoms with Crippen LogP contribution in [0.4, 0.5) is 5.69 Å². The minimum Gasteiger partial charge on any atom is -0.506 e. The highest BCUT2D eigenvalue weighted by molar-refractivity contribution is 14.0. The number of aromatic hydroxyl groups is 1. The molecule has 8 heteroatoms. The number of para-hydroxylation sites is 3. The fourth-order valence-electron chi connectivity index (χ4n) is 3.54. The number of rotatable bonds is 8. The number of guanidine groups is 1. The lowest BCUT2D eigenvalue weighted by Crippen LogP contribution is -2.52. The zero-order valence-corrected chi connectivity index (χ0v) is 20.6. The summed E-state index contributed by atoms with van der Waals surface area (Å²) in [7, 11) is 1.67. The summed E-state index contributed by atoms with van der Waals surface area (Å²) >= 11 is 0. The van der Waals surface area contributed by atoms with E-state index < -0.39 is 0 Å². The molecule has 0 bridgehead atoms. The molecular formula is C23H33IN4O3. The number of benzene rings is 2. The first-order valence-corrected chi connectivity index (χ1v) is 10.5. The number of hydrogen-bond acceptors (Lipinski definition) is 5. The van der Waals surface area contributed by atoms with Crippen LogP contribution in [0.25, 0.3) is 0 Å². The Bertz CT molecular complexity index is 826. The maximum absolute atomic E-state index is 10.1. The van der Waals surface area contributed by atoms with Crippen molar-refractivity contribution < 1.29 is 14.6 Å². The van der Waals surface area contributed by atoms with Crippen LogP contribution in [0.2, 0.25) is 0 Å². The molecule has 2 aromatic rings. The van der Waals surface area contributed by atoms with Gasteiger partial charge in [-0.2, -0.15) is 0 Å². The van der Waals surface area contributed by atoms with Crippen molar-refractivity contribution in [2.24, 2.45) is 4.99 Å². The number of ether oxygens (including phenoxy) is 2. The van der Waals surface area contributed by atoms with Crippen LogP contribution in [0, 0.1) is 0 Å². The van der Waals surface area contributed by atoms with Crippen LogP contribution in [0.1, 0.15) is 12.5 Å². The molecule has 7 nitrogen and oxygen atoms in total. The highest BCUT2D eigenvalue weighted by atomic mass is 127. The van der Waals surface area contributed by atoms with Crippen molar-refractivity contribution in [1.82, 2.24) is 10.2 Å². The molecule has 0 unspecified atom stereocenters. The van der Waals surface area contributed by atoms with Crippen molar-refractivity contribution in [2.45, 2.75) is 13.5 Å². The van der Waals surface area contributed by atoms with E-state index in [1.807, 2.05) is 42.5 Å². The average Bonchev–Trinajstić information content (AvgIpc) is 2.79. The summed E-state index contributed by atoms with van der Waals surface area (Å²) in [5, 5.41) is 13.5. The van der Waals surface area contributed by atoms with Gasteiger partial charge in [0.15, 0.2) is 5.96 Å². The Kier molecular flexibility index (Phi) is 10.7. The number of aliphatic imine (C=N–C) groups is 1. The molecule has 31 heavy (non-hydrogen) atoms. The van der Waals surface area contributed by atoms with Crippen LogP contribution in [-0.2, 0) is 11.3 Å². The molecule has 1 aliphatic rings. The Hall–Kier alpha value is -2.20. The summed E-state index contributed by atoms with van der Waals surface area (Å²) in [6, 6.07) is 15.4. The van der Waals surface area contributed by atoms with Crippen LogP contribution in [0.15, 0.2) is 53.5 Å². The van der Waals surface area contributed by atoms with Crippen molar-refractivity contribution in [2.75, 3.05) is 57.9 Å². The molecule has 2 N–H and O–H groups in total. The topological polar surface area (TPSA) is 69.6 Å². The Labute approximate surface area is 202 Å². The van der Waals surface area contributed by atoms with Crippen LogP contribution in [0.5, 0.6) is 11.5 Å². The summed E-state index contributed by atoms with van der Waals surface area (Å²) in [6.45, 7) is 7.92. The number of phenolic OH excluding ortho intramolecular Hbond substituents is 1. The van der Waals surface area contributed by atoms with Crippen LogP contribution >= 0.6 is 24.0 Å². The van der Waals surface area contributed by atoms with Gasteiger partial charge in [-0.15, -0.1) is 24.0 Å². The lowest BCUT2D eigenvalue weighted by atomic mass is 10.2. The second-order valence-electron chi connectivity index (χ2n) is 7.06. The van der Waals surface area contributed by atoms with Gasteiger partial charge in [-0.25, -0.2) is 0 Å². The zero-order valence-electron chi connectivity index (χ0n) is 18.3. The van der Waals surface area contributed by atoms with E-state index in [0.717, 1.165) is 55.7 Å². The lowest BCUT2D eigenvalue weighted by molar-refractivity contribution is 0.126. The summed E-state index contributed by atoms with van der Waals surface area (Å²) in [6.07, 6.45) is 0. The maximum Gasteiger partial charge on any atom is 0.194 e. The third kappa shape index (κ3) is 7.17. The van der Waals surface area contributed by atoms with Gasteiger partial charge in [0, 0.05) is 38.3 Å². The van der Waals surface area contributed by atoms with Gasteiger partial charge >= 0.3 is 0 Å². The summed E-state index contributed by atoms with van der Waals surface area (Å²) in [5.41, 5.74) is 1.93. The lowest BCUT2D eigenvalue weighted by Gasteiger charge is -2.37. The summed E-state index contributed by atoms with van der Waals surface area (Å²) < 4.78 is 11.2. The molecule has 1 saturated heterocycles. The van der Waals surface area contributed by atoms with Gasteiger partial charge in [0.2, 0.25) is 0 Å². The Morgan fingerprint density at radius 3 is 2.48 bits per heavy atom. The predicted octanol–water partition coefficient (Wildman–Crippen LogP) is 3.32. The monoisotopic (exact) mass is 540 g/mol. The summed E-state index contributed by atoms with van der Waals surface area (Å²) in [5.74, 6) is 2.09. The normalized spacial score (nSPS) is 14.2. The molecule has 0 spiro atoms. The number of hydrogen-bond donors (Lipinski definition) is 2. The molecule has 0 saturated carbocycles. The fraction of sp³-hybridized carbons (Fsp3) is 0.435. The molecule has 0 aromatic heterocycles. The zero-order chi connectivity index (χ0) is 21.2. The summed E-state index contributed by atoms with van der Waals surface area (Å²) in [4.78, 5) is 9.21. The Morgan fingerprint density at radius 1 is 1.06 bits per heavy atom.